The Morgan fingerprint density at radius 2 is 2.07 bits per heavy atom. The van der Waals surface area contributed by atoms with Crippen LogP contribution in [0.15, 0.2) is 30.5 Å². The second kappa shape index (κ2) is 7.30. The number of hydrogen-bond donors (Lipinski definition) is 1. The first-order chi connectivity index (χ1) is 13.0. The Hall–Kier alpha value is -1.83. The van der Waals surface area contributed by atoms with E-state index in [1.54, 1.807) is 15.7 Å². The highest BCUT2D eigenvalue weighted by atomic mass is 32.2. The number of methoxy groups -OCH3 is 1. The van der Waals surface area contributed by atoms with E-state index in [9.17, 15) is 8.42 Å². The smallest absolute Gasteiger partial charge is 0.282 e. The van der Waals surface area contributed by atoms with Crippen molar-refractivity contribution in [3.63, 3.8) is 0 Å². The van der Waals surface area contributed by atoms with Gasteiger partial charge in [-0.05, 0) is 49.0 Å². The highest BCUT2D eigenvalue weighted by Gasteiger charge is 2.33. The summed E-state index contributed by atoms with van der Waals surface area (Å²) >= 11 is 0. The Bertz CT molecular complexity index is 964. The van der Waals surface area contributed by atoms with Crippen molar-refractivity contribution in [2.24, 2.45) is 5.92 Å². The number of rotatable bonds is 4. The molecule has 2 aliphatic heterocycles. The van der Waals surface area contributed by atoms with Gasteiger partial charge in [-0.3, -0.25) is 0 Å². The van der Waals surface area contributed by atoms with E-state index >= 15 is 0 Å². The second-order valence-electron chi connectivity index (χ2n) is 7.56. The first-order valence-corrected chi connectivity index (χ1v) is 11.0. The largest absolute Gasteiger partial charge is 0.497 e. The average molecular weight is 390 g/mol. The van der Waals surface area contributed by atoms with Crippen LogP contribution in [0.25, 0.3) is 16.5 Å². The first kappa shape index (κ1) is 18.5. The molecule has 1 fully saturated rings. The van der Waals surface area contributed by atoms with Crippen molar-refractivity contribution in [2.75, 3.05) is 33.3 Å². The minimum atomic E-state index is -3.37. The van der Waals surface area contributed by atoms with Crippen molar-refractivity contribution < 1.29 is 13.2 Å². The van der Waals surface area contributed by atoms with Gasteiger partial charge in [0.2, 0.25) is 0 Å². The minimum Gasteiger partial charge on any atom is -0.497 e. The van der Waals surface area contributed by atoms with Gasteiger partial charge in [0, 0.05) is 48.8 Å². The summed E-state index contributed by atoms with van der Waals surface area (Å²) in [5, 5.41) is 1.11. The molecule has 0 unspecified atom stereocenters. The van der Waals surface area contributed by atoms with Crippen LogP contribution in [0.1, 0.15) is 31.7 Å². The summed E-state index contributed by atoms with van der Waals surface area (Å²) in [5.74, 6) is 1.26. The van der Waals surface area contributed by atoms with Crippen LogP contribution in [0.2, 0.25) is 0 Å². The zero-order valence-corrected chi connectivity index (χ0v) is 16.8. The number of aromatic amines is 1. The molecule has 1 N–H and O–H groups in total. The topological polar surface area (TPSA) is 65.6 Å². The molecule has 1 saturated heterocycles. The Labute approximate surface area is 161 Å². The maximum absolute atomic E-state index is 13.0. The monoisotopic (exact) mass is 389 g/mol. The predicted octanol–water partition coefficient (Wildman–Crippen LogP) is 3.24. The van der Waals surface area contributed by atoms with Crippen LogP contribution in [-0.4, -0.2) is 55.3 Å². The maximum Gasteiger partial charge on any atom is 0.282 e. The summed E-state index contributed by atoms with van der Waals surface area (Å²) in [6.07, 6.45) is 6.84. The molecule has 1 aromatic carbocycles. The number of nitrogens with one attached hydrogen (secondary N) is 1. The van der Waals surface area contributed by atoms with E-state index in [1.165, 1.54) is 5.57 Å². The van der Waals surface area contributed by atoms with E-state index in [2.05, 4.69) is 18.0 Å². The molecule has 0 spiro atoms. The molecule has 2 aromatic rings. The molecule has 1 aromatic heterocycles. The minimum absolute atomic E-state index is 0.430. The number of ether oxygens (including phenoxy) is 1. The Morgan fingerprint density at radius 3 is 2.78 bits per heavy atom. The lowest BCUT2D eigenvalue weighted by Crippen LogP contribution is -2.48. The summed E-state index contributed by atoms with van der Waals surface area (Å²) in [4.78, 5) is 3.30. The molecule has 0 bridgehead atoms. The van der Waals surface area contributed by atoms with Crippen molar-refractivity contribution >= 4 is 26.7 Å². The molecule has 7 heteroatoms. The molecule has 1 atom stereocenters. The third-order valence-corrected chi connectivity index (χ3v) is 7.65. The second-order valence-corrected chi connectivity index (χ2v) is 9.49. The van der Waals surface area contributed by atoms with E-state index in [-0.39, 0.29) is 0 Å². The SMILES string of the molecule is COc1ccc2[nH]cc(C3=CCN(S(=O)(=O)N4CCC[C@@H](C)C4)CC3)c2c1. The lowest BCUT2D eigenvalue weighted by atomic mass is 9.99. The molecule has 2 aliphatic rings. The molecule has 0 aliphatic carbocycles. The maximum atomic E-state index is 13.0. The molecule has 4 rings (SSSR count). The van der Waals surface area contributed by atoms with E-state index < -0.39 is 10.2 Å². The highest BCUT2D eigenvalue weighted by molar-refractivity contribution is 7.86. The fourth-order valence-corrected chi connectivity index (χ4v) is 5.83. The van der Waals surface area contributed by atoms with Crippen LogP contribution in [0.4, 0.5) is 0 Å². The molecular weight excluding hydrogens is 362 g/mol. The van der Waals surface area contributed by atoms with Crippen LogP contribution < -0.4 is 4.74 Å². The molecule has 27 heavy (non-hydrogen) atoms. The van der Waals surface area contributed by atoms with E-state index in [1.807, 2.05) is 24.4 Å². The summed E-state index contributed by atoms with van der Waals surface area (Å²) in [6, 6.07) is 5.97. The van der Waals surface area contributed by atoms with Gasteiger partial charge in [0.1, 0.15) is 5.75 Å². The summed E-state index contributed by atoms with van der Waals surface area (Å²) in [5.41, 5.74) is 3.38. The number of aromatic nitrogens is 1. The van der Waals surface area contributed by atoms with Gasteiger partial charge in [-0.2, -0.15) is 17.0 Å². The van der Waals surface area contributed by atoms with Gasteiger partial charge in [0.15, 0.2) is 0 Å². The Morgan fingerprint density at radius 1 is 1.22 bits per heavy atom. The van der Waals surface area contributed by atoms with Crippen LogP contribution in [0.5, 0.6) is 5.75 Å². The first-order valence-electron chi connectivity index (χ1n) is 9.59. The van der Waals surface area contributed by atoms with Crippen LogP contribution >= 0.6 is 0 Å². The van der Waals surface area contributed by atoms with Crippen molar-refractivity contribution in [2.45, 2.75) is 26.2 Å². The number of H-pyrrole nitrogens is 1. The standard InChI is InChI=1S/C20H27N3O3S/c1-15-4-3-9-23(14-15)27(24,25)22-10-7-16(8-11-22)19-13-21-20-6-5-17(26-2)12-18(19)20/h5-7,12-13,15,21H,3-4,8-11,14H2,1-2H3/t15-/m1/s1. The number of hydrogen-bond acceptors (Lipinski definition) is 3. The van der Waals surface area contributed by atoms with Crippen LogP contribution in [-0.2, 0) is 10.2 Å². The number of benzene rings is 1. The fourth-order valence-electron chi connectivity index (χ4n) is 4.12. The van der Waals surface area contributed by atoms with Gasteiger partial charge in [0.05, 0.1) is 7.11 Å². The fraction of sp³-hybridized carbons (Fsp3) is 0.500. The highest BCUT2D eigenvalue weighted by Crippen LogP contribution is 2.32. The third kappa shape index (κ3) is 3.51. The Balaban J connectivity index is 1.55. The number of piperidine rings is 1. The third-order valence-electron chi connectivity index (χ3n) is 5.68. The predicted molar refractivity (Wildman–Crippen MR) is 108 cm³/mol. The quantitative estimate of drug-likeness (QED) is 0.873. The van der Waals surface area contributed by atoms with Gasteiger partial charge in [0.25, 0.3) is 10.2 Å². The van der Waals surface area contributed by atoms with E-state index in [0.717, 1.165) is 35.1 Å². The summed E-state index contributed by atoms with van der Waals surface area (Å²) in [6.45, 7) is 4.36. The zero-order valence-electron chi connectivity index (χ0n) is 15.9. The van der Waals surface area contributed by atoms with Gasteiger partial charge < -0.3 is 9.72 Å². The van der Waals surface area contributed by atoms with Crippen molar-refractivity contribution in [1.29, 1.82) is 0 Å². The van der Waals surface area contributed by atoms with Crippen molar-refractivity contribution in [3.8, 4) is 5.75 Å². The lowest BCUT2D eigenvalue weighted by molar-refractivity contribution is 0.260. The number of nitrogens with zero attached hydrogens (tertiary/aromatic N) is 2. The van der Waals surface area contributed by atoms with E-state index in [0.29, 0.717) is 38.5 Å². The molecule has 0 saturated carbocycles. The van der Waals surface area contributed by atoms with Gasteiger partial charge in [-0.15, -0.1) is 0 Å². The average Bonchev–Trinajstić information content (AvgIpc) is 3.11. The van der Waals surface area contributed by atoms with Gasteiger partial charge in [-0.1, -0.05) is 13.0 Å². The molecule has 6 nitrogen and oxygen atoms in total. The summed E-state index contributed by atoms with van der Waals surface area (Å²) < 4.78 is 34.6. The van der Waals surface area contributed by atoms with Crippen molar-refractivity contribution in [1.82, 2.24) is 13.6 Å². The van der Waals surface area contributed by atoms with E-state index in [4.69, 9.17) is 4.74 Å². The zero-order chi connectivity index (χ0) is 19.0. The van der Waals surface area contributed by atoms with Gasteiger partial charge >= 0.3 is 0 Å². The molecular formula is C20H27N3O3S. The van der Waals surface area contributed by atoms with Gasteiger partial charge in [-0.25, -0.2) is 0 Å². The lowest BCUT2D eigenvalue weighted by Gasteiger charge is -2.35. The molecule has 3 heterocycles. The molecule has 0 amide bonds. The normalized spacial score (nSPS) is 22.7. The molecule has 0 radical (unpaired) electrons. The Kier molecular flexibility index (Phi) is 5.01. The van der Waals surface area contributed by atoms with Crippen molar-refractivity contribution in [3.05, 3.63) is 36.0 Å². The molecule has 146 valence electrons. The van der Waals surface area contributed by atoms with Crippen LogP contribution in [0.3, 0.4) is 0 Å². The van der Waals surface area contributed by atoms with Crippen LogP contribution in [0, 0.1) is 5.92 Å². The summed E-state index contributed by atoms with van der Waals surface area (Å²) in [7, 11) is -1.70. The number of fused-ring (bicyclic) bond motifs is 1.